The maximum absolute atomic E-state index is 6.95. The molecule has 0 amide bonds. The van der Waals surface area contributed by atoms with Gasteiger partial charge in [-0.3, -0.25) is 0 Å². The number of rotatable bonds is 7. The van der Waals surface area contributed by atoms with Gasteiger partial charge in [0.2, 0.25) is 0 Å². The van der Waals surface area contributed by atoms with Crippen molar-refractivity contribution in [3.63, 3.8) is 0 Å². The summed E-state index contributed by atoms with van der Waals surface area (Å²) in [5.41, 5.74) is 10.4. The second-order valence-corrected chi connectivity index (χ2v) is 15.2. The van der Waals surface area contributed by atoms with Crippen LogP contribution >= 0.6 is 11.3 Å². The van der Waals surface area contributed by atoms with Gasteiger partial charge in [0.25, 0.3) is 0 Å². The molecular weight excluding hydrogens is 701 g/mol. The first-order valence-corrected chi connectivity index (χ1v) is 19.7. The molecule has 2 heterocycles. The summed E-state index contributed by atoms with van der Waals surface area (Å²) in [6, 6.07) is 73.8. The quantitative estimate of drug-likeness (QED) is 0.163. The number of para-hydroxylation sites is 2. The molecule has 0 aliphatic rings. The zero-order valence-electron chi connectivity index (χ0n) is 30.3. The van der Waals surface area contributed by atoms with Crippen molar-refractivity contribution in [2.24, 2.45) is 0 Å². The summed E-state index contributed by atoms with van der Waals surface area (Å²) < 4.78 is 9.46. The van der Waals surface area contributed by atoms with E-state index in [4.69, 9.17) is 4.42 Å². The largest absolute Gasteiger partial charge is 0.456 e. The van der Waals surface area contributed by atoms with Gasteiger partial charge in [0.15, 0.2) is 0 Å². The third-order valence-electron chi connectivity index (χ3n) is 10.8. The van der Waals surface area contributed by atoms with Gasteiger partial charge in [-0.15, -0.1) is 11.3 Å². The Bertz CT molecular complexity index is 3150. The van der Waals surface area contributed by atoms with Crippen LogP contribution in [-0.4, -0.2) is 0 Å². The second kappa shape index (κ2) is 13.3. The van der Waals surface area contributed by atoms with E-state index in [2.05, 4.69) is 216 Å². The Labute approximate surface area is 328 Å². The molecule has 11 rings (SSSR count). The van der Waals surface area contributed by atoms with Gasteiger partial charge in [0, 0.05) is 44.0 Å². The minimum atomic E-state index is 0.829. The highest BCUT2D eigenvalue weighted by Crippen LogP contribution is 2.50. The summed E-state index contributed by atoms with van der Waals surface area (Å²) in [6.45, 7) is 0. The lowest BCUT2D eigenvalue weighted by Gasteiger charge is -2.30. The first kappa shape index (κ1) is 32.3. The van der Waals surface area contributed by atoms with E-state index < -0.39 is 0 Å². The van der Waals surface area contributed by atoms with E-state index in [1.165, 1.54) is 42.1 Å². The first-order chi connectivity index (χ1) is 27.8. The molecule has 0 radical (unpaired) electrons. The average Bonchev–Trinajstić information content (AvgIpc) is 3.85. The molecule has 2 aromatic heterocycles. The monoisotopic (exact) mass is 734 g/mol. The number of thiophene rings is 1. The van der Waals surface area contributed by atoms with Crippen LogP contribution in [0.15, 0.2) is 211 Å². The lowest BCUT2D eigenvalue weighted by Crippen LogP contribution is -2.13. The number of benzene rings is 9. The molecule has 0 fully saturated rings. The predicted molar refractivity (Wildman–Crippen MR) is 239 cm³/mol. The van der Waals surface area contributed by atoms with Gasteiger partial charge in [0.1, 0.15) is 11.2 Å². The van der Waals surface area contributed by atoms with Gasteiger partial charge in [0.05, 0.1) is 27.1 Å². The van der Waals surface area contributed by atoms with Crippen molar-refractivity contribution in [2.45, 2.75) is 0 Å². The van der Waals surface area contributed by atoms with Crippen LogP contribution in [0.2, 0.25) is 0 Å². The minimum absolute atomic E-state index is 0.829. The Morgan fingerprint density at radius 2 is 0.946 bits per heavy atom. The SMILES string of the molecule is c1ccc(-c2ccc(N(c3cc(N(c4ccccc4)c4ccccc4)c4c(c3)oc3ccc5ccccc5c34)c3cccc4c3sc3ccccc34)cc2)cc1. The van der Waals surface area contributed by atoms with Crippen LogP contribution in [0.3, 0.4) is 0 Å². The van der Waals surface area contributed by atoms with Crippen LogP contribution in [0, 0.1) is 0 Å². The standard InChI is InChI=1S/C52H34N2OS/c1-4-15-35(16-5-1)36-27-30-40(31-28-36)54(45-25-14-24-44-43-23-12-13-26-49(43)56-52(44)45)41-33-46(53(38-18-6-2-7-19-38)39-20-8-3-9-21-39)51-48(34-41)55-47-32-29-37-17-10-11-22-42(37)50(47)51/h1-34H. The van der Waals surface area contributed by atoms with Crippen molar-refractivity contribution in [1.29, 1.82) is 0 Å². The molecule has 0 saturated carbocycles. The predicted octanol–water partition coefficient (Wildman–Crippen LogP) is 15.7. The first-order valence-electron chi connectivity index (χ1n) is 18.9. The number of fused-ring (bicyclic) bond motifs is 8. The lowest BCUT2D eigenvalue weighted by molar-refractivity contribution is 0.669. The van der Waals surface area contributed by atoms with Crippen molar-refractivity contribution in [3.05, 3.63) is 206 Å². The molecule has 56 heavy (non-hydrogen) atoms. The number of hydrogen-bond donors (Lipinski definition) is 0. The Kier molecular flexibility index (Phi) is 7.68. The summed E-state index contributed by atoms with van der Waals surface area (Å²) in [5, 5.41) is 7.06. The fraction of sp³-hybridized carbons (Fsp3) is 0. The summed E-state index contributed by atoms with van der Waals surface area (Å²) in [5.74, 6) is 0. The fourth-order valence-electron chi connectivity index (χ4n) is 8.29. The number of hydrogen-bond acceptors (Lipinski definition) is 4. The Hall–Kier alpha value is -7.14. The molecule has 0 spiro atoms. The van der Waals surface area contributed by atoms with Crippen LogP contribution in [0.1, 0.15) is 0 Å². The highest BCUT2D eigenvalue weighted by atomic mass is 32.1. The number of furan rings is 1. The van der Waals surface area contributed by atoms with Crippen molar-refractivity contribution in [2.75, 3.05) is 9.80 Å². The van der Waals surface area contributed by atoms with E-state index in [1.54, 1.807) is 0 Å². The molecule has 9 aromatic carbocycles. The van der Waals surface area contributed by atoms with E-state index in [1.807, 2.05) is 11.3 Å². The Morgan fingerprint density at radius 1 is 0.357 bits per heavy atom. The molecule has 0 bridgehead atoms. The Morgan fingerprint density at radius 3 is 1.70 bits per heavy atom. The van der Waals surface area contributed by atoms with Gasteiger partial charge in [-0.25, -0.2) is 0 Å². The zero-order chi connectivity index (χ0) is 37.0. The van der Waals surface area contributed by atoms with E-state index in [-0.39, 0.29) is 0 Å². The van der Waals surface area contributed by atoms with E-state index >= 15 is 0 Å². The van der Waals surface area contributed by atoms with Crippen LogP contribution in [0.4, 0.5) is 34.1 Å². The summed E-state index contributed by atoms with van der Waals surface area (Å²) in [6.07, 6.45) is 0. The highest BCUT2D eigenvalue weighted by Gasteiger charge is 2.25. The molecule has 0 N–H and O–H groups in total. The van der Waals surface area contributed by atoms with Crippen LogP contribution in [-0.2, 0) is 0 Å². The molecule has 3 nitrogen and oxygen atoms in total. The Balaban J connectivity index is 1.24. The maximum Gasteiger partial charge on any atom is 0.139 e. The van der Waals surface area contributed by atoms with Gasteiger partial charge >= 0.3 is 0 Å². The van der Waals surface area contributed by atoms with Crippen LogP contribution in [0.5, 0.6) is 0 Å². The molecule has 11 aromatic rings. The molecule has 0 atom stereocenters. The number of anilines is 6. The average molecular weight is 735 g/mol. The zero-order valence-corrected chi connectivity index (χ0v) is 31.2. The van der Waals surface area contributed by atoms with Crippen molar-refractivity contribution >= 4 is 98.3 Å². The topological polar surface area (TPSA) is 19.6 Å². The molecular formula is C52H34N2OS. The second-order valence-electron chi connectivity index (χ2n) is 14.1. The normalized spacial score (nSPS) is 11.6. The molecule has 4 heteroatoms. The van der Waals surface area contributed by atoms with Gasteiger partial charge in [-0.2, -0.15) is 0 Å². The van der Waals surface area contributed by atoms with Gasteiger partial charge in [-0.1, -0.05) is 140 Å². The highest BCUT2D eigenvalue weighted by molar-refractivity contribution is 7.26. The lowest BCUT2D eigenvalue weighted by atomic mass is 10.0. The van der Waals surface area contributed by atoms with Crippen molar-refractivity contribution < 1.29 is 4.42 Å². The summed E-state index contributed by atoms with van der Waals surface area (Å²) in [7, 11) is 0. The van der Waals surface area contributed by atoms with E-state index in [0.29, 0.717) is 0 Å². The molecule has 0 unspecified atom stereocenters. The molecule has 264 valence electrons. The van der Waals surface area contributed by atoms with E-state index in [0.717, 1.165) is 56.1 Å². The minimum Gasteiger partial charge on any atom is -0.456 e. The van der Waals surface area contributed by atoms with Gasteiger partial charge < -0.3 is 14.2 Å². The fourth-order valence-corrected chi connectivity index (χ4v) is 9.49. The third-order valence-corrected chi connectivity index (χ3v) is 12.0. The van der Waals surface area contributed by atoms with E-state index in [9.17, 15) is 0 Å². The molecule has 0 saturated heterocycles. The molecule has 0 aliphatic heterocycles. The smallest absolute Gasteiger partial charge is 0.139 e. The summed E-state index contributed by atoms with van der Waals surface area (Å²) >= 11 is 1.84. The molecule has 0 aliphatic carbocycles. The van der Waals surface area contributed by atoms with Crippen LogP contribution < -0.4 is 9.80 Å². The van der Waals surface area contributed by atoms with Crippen molar-refractivity contribution in [1.82, 2.24) is 0 Å². The van der Waals surface area contributed by atoms with Crippen LogP contribution in [0.25, 0.3) is 64.0 Å². The van der Waals surface area contributed by atoms with Crippen molar-refractivity contribution in [3.8, 4) is 11.1 Å². The third kappa shape index (κ3) is 5.34. The number of nitrogens with zero attached hydrogens (tertiary/aromatic N) is 2. The van der Waals surface area contributed by atoms with Gasteiger partial charge in [-0.05, 0) is 82.6 Å². The summed E-state index contributed by atoms with van der Waals surface area (Å²) in [4.78, 5) is 4.79. The maximum atomic E-state index is 6.95.